The Morgan fingerprint density at radius 2 is 1.95 bits per heavy atom. The van der Waals surface area contributed by atoms with Crippen molar-refractivity contribution in [1.82, 2.24) is 10.2 Å². The van der Waals surface area contributed by atoms with Crippen molar-refractivity contribution >= 4 is 17.5 Å². The molecule has 0 spiro atoms. The van der Waals surface area contributed by atoms with Gasteiger partial charge in [0.15, 0.2) is 0 Å². The Morgan fingerprint density at radius 1 is 1.24 bits per heavy atom. The summed E-state index contributed by atoms with van der Waals surface area (Å²) in [5.74, 6) is -0.434. The molecule has 0 saturated heterocycles. The van der Waals surface area contributed by atoms with Gasteiger partial charge in [0.25, 0.3) is 0 Å². The van der Waals surface area contributed by atoms with Gasteiger partial charge in [-0.05, 0) is 45.1 Å². The van der Waals surface area contributed by atoms with Gasteiger partial charge in [0, 0.05) is 18.8 Å². The van der Waals surface area contributed by atoms with Crippen LogP contribution in [0.2, 0.25) is 0 Å². The average molecular weight is 289 g/mol. The highest BCUT2D eigenvalue weighted by molar-refractivity contribution is 5.99. The number of likely N-dealkylation sites (N-methyl/N-ethyl adjacent to an activating group) is 1. The molecule has 1 aromatic carbocycles. The Labute approximate surface area is 125 Å². The van der Waals surface area contributed by atoms with Gasteiger partial charge in [0.05, 0.1) is 11.8 Å². The van der Waals surface area contributed by atoms with E-state index in [1.165, 1.54) is 0 Å². The highest BCUT2D eigenvalue weighted by atomic mass is 16.2. The molecular formula is C16H23N3O2. The highest BCUT2D eigenvalue weighted by Gasteiger charge is 2.47. The van der Waals surface area contributed by atoms with E-state index in [9.17, 15) is 9.59 Å². The summed E-state index contributed by atoms with van der Waals surface area (Å²) in [6, 6.07) is 7.67. The van der Waals surface area contributed by atoms with Gasteiger partial charge in [0.2, 0.25) is 11.8 Å². The zero-order valence-electron chi connectivity index (χ0n) is 12.8. The predicted molar refractivity (Wildman–Crippen MR) is 83.0 cm³/mol. The van der Waals surface area contributed by atoms with Crippen molar-refractivity contribution in [2.75, 3.05) is 32.5 Å². The first-order valence-corrected chi connectivity index (χ1v) is 7.27. The van der Waals surface area contributed by atoms with Gasteiger partial charge in [-0.2, -0.15) is 0 Å². The van der Waals surface area contributed by atoms with E-state index < -0.39 is 0 Å². The SMILES string of the molecule is Cc1cccc(NC(=O)C2CC2C(=O)NCCN(C)C)c1. The number of nitrogens with zero attached hydrogens (tertiary/aromatic N) is 1. The summed E-state index contributed by atoms with van der Waals surface area (Å²) in [6.07, 6.45) is 0.644. The molecule has 1 fully saturated rings. The lowest BCUT2D eigenvalue weighted by molar-refractivity contribution is -0.125. The summed E-state index contributed by atoms with van der Waals surface area (Å²) in [6.45, 7) is 3.40. The molecule has 2 atom stereocenters. The minimum absolute atomic E-state index is 0.0127. The Hall–Kier alpha value is -1.88. The molecule has 2 unspecified atom stereocenters. The first-order chi connectivity index (χ1) is 9.97. The van der Waals surface area contributed by atoms with E-state index >= 15 is 0 Å². The second-order valence-electron chi connectivity index (χ2n) is 5.90. The Bertz CT molecular complexity index is 528. The van der Waals surface area contributed by atoms with Crippen molar-refractivity contribution < 1.29 is 9.59 Å². The number of amides is 2. The number of hydrogen-bond donors (Lipinski definition) is 2. The fourth-order valence-electron chi connectivity index (χ4n) is 2.27. The summed E-state index contributed by atoms with van der Waals surface area (Å²) in [5.41, 5.74) is 1.89. The summed E-state index contributed by atoms with van der Waals surface area (Å²) in [4.78, 5) is 26.0. The van der Waals surface area contributed by atoms with Gasteiger partial charge >= 0.3 is 0 Å². The predicted octanol–water partition coefficient (Wildman–Crippen LogP) is 1.25. The van der Waals surface area contributed by atoms with E-state index in [0.717, 1.165) is 17.8 Å². The third kappa shape index (κ3) is 4.56. The average Bonchev–Trinajstić information content (AvgIpc) is 3.18. The van der Waals surface area contributed by atoms with Crippen LogP contribution in [0.3, 0.4) is 0 Å². The van der Waals surface area contributed by atoms with Crippen LogP contribution in [-0.4, -0.2) is 43.9 Å². The molecule has 21 heavy (non-hydrogen) atoms. The zero-order chi connectivity index (χ0) is 15.4. The molecule has 0 radical (unpaired) electrons. The molecule has 0 aromatic heterocycles. The summed E-state index contributed by atoms with van der Waals surface area (Å²) >= 11 is 0. The van der Waals surface area contributed by atoms with Crippen molar-refractivity contribution in [2.45, 2.75) is 13.3 Å². The summed E-state index contributed by atoms with van der Waals surface area (Å²) in [7, 11) is 3.92. The number of benzene rings is 1. The molecule has 2 amide bonds. The van der Waals surface area contributed by atoms with Gasteiger partial charge < -0.3 is 15.5 Å². The lowest BCUT2D eigenvalue weighted by Crippen LogP contribution is -2.33. The maximum absolute atomic E-state index is 12.1. The number of aryl methyl sites for hydroxylation is 1. The number of nitrogens with one attached hydrogen (secondary N) is 2. The number of anilines is 1. The van der Waals surface area contributed by atoms with Crippen LogP contribution < -0.4 is 10.6 Å². The quantitative estimate of drug-likeness (QED) is 0.828. The number of hydrogen-bond acceptors (Lipinski definition) is 3. The van der Waals surface area contributed by atoms with Crippen LogP contribution in [0.15, 0.2) is 24.3 Å². The van der Waals surface area contributed by atoms with Crippen LogP contribution in [0.1, 0.15) is 12.0 Å². The first-order valence-electron chi connectivity index (χ1n) is 7.27. The molecule has 114 valence electrons. The fourth-order valence-corrected chi connectivity index (χ4v) is 2.27. The van der Waals surface area contributed by atoms with Gasteiger partial charge in [-0.1, -0.05) is 12.1 Å². The van der Waals surface area contributed by atoms with Gasteiger partial charge in [-0.3, -0.25) is 9.59 Å². The first kappa shape index (κ1) is 15.5. The van der Waals surface area contributed by atoms with Crippen LogP contribution in [0, 0.1) is 18.8 Å². The molecular weight excluding hydrogens is 266 g/mol. The minimum Gasteiger partial charge on any atom is -0.355 e. The topological polar surface area (TPSA) is 61.4 Å². The Morgan fingerprint density at radius 3 is 2.62 bits per heavy atom. The van der Waals surface area contributed by atoms with Crippen LogP contribution in [-0.2, 0) is 9.59 Å². The third-order valence-electron chi connectivity index (χ3n) is 3.61. The van der Waals surface area contributed by atoms with E-state index in [1.807, 2.05) is 50.2 Å². The molecule has 0 heterocycles. The van der Waals surface area contributed by atoms with Crippen LogP contribution in [0.25, 0.3) is 0 Å². The van der Waals surface area contributed by atoms with Crippen molar-refractivity contribution in [3.05, 3.63) is 29.8 Å². The number of rotatable bonds is 6. The van der Waals surface area contributed by atoms with Crippen molar-refractivity contribution in [2.24, 2.45) is 11.8 Å². The molecule has 1 saturated carbocycles. The second-order valence-corrected chi connectivity index (χ2v) is 5.90. The zero-order valence-corrected chi connectivity index (χ0v) is 12.8. The highest BCUT2D eigenvalue weighted by Crippen LogP contribution is 2.39. The Balaban J connectivity index is 1.77. The van der Waals surface area contributed by atoms with Crippen molar-refractivity contribution in [3.63, 3.8) is 0 Å². The molecule has 5 nitrogen and oxygen atoms in total. The van der Waals surface area contributed by atoms with Gasteiger partial charge in [0.1, 0.15) is 0 Å². The van der Waals surface area contributed by atoms with Crippen molar-refractivity contribution in [1.29, 1.82) is 0 Å². The molecule has 2 rings (SSSR count). The largest absolute Gasteiger partial charge is 0.355 e. The van der Waals surface area contributed by atoms with Gasteiger partial charge in [-0.15, -0.1) is 0 Å². The summed E-state index contributed by atoms with van der Waals surface area (Å²) in [5, 5.41) is 5.75. The second kappa shape index (κ2) is 6.72. The molecule has 2 N–H and O–H groups in total. The minimum atomic E-state index is -0.190. The molecule has 0 bridgehead atoms. The van der Waals surface area contributed by atoms with Gasteiger partial charge in [-0.25, -0.2) is 0 Å². The number of carbonyl (C=O) groups is 2. The Kier molecular flexibility index (Phi) is 4.96. The number of carbonyl (C=O) groups excluding carboxylic acids is 2. The maximum atomic E-state index is 12.1. The van der Waals surface area contributed by atoms with Crippen LogP contribution >= 0.6 is 0 Å². The van der Waals surface area contributed by atoms with E-state index in [2.05, 4.69) is 10.6 Å². The molecule has 5 heteroatoms. The van der Waals surface area contributed by atoms with Crippen LogP contribution in [0.5, 0.6) is 0 Å². The van der Waals surface area contributed by atoms with E-state index in [-0.39, 0.29) is 23.7 Å². The van der Waals surface area contributed by atoms with E-state index in [4.69, 9.17) is 0 Å². The normalized spacial score (nSPS) is 20.2. The molecule has 1 aliphatic rings. The fraction of sp³-hybridized carbons (Fsp3) is 0.500. The lowest BCUT2D eigenvalue weighted by Gasteiger charge is -2.10. The lowest BCUT2D eigenvalue weighted by atomic mass is 10.2. The van der Waals surface area contributed by atoms with E-state index in [0.29, 0.717) is 13.0 Å². The van der Waals surface area contributed by atoms with Crippen LogP contribution in [0.4, 0.5) is 5.69 Å². The van der Waals surface area contributed by atoms with Crippen molar-refractivity contribution in [3.8, 4) is 0 Å². The standard InChI is InChI=1S/C16H23N3O2/c1-11-5-4-6-12(9-11)18-16(21)14-10-13(14)15(20)17-7-8-19(2)3/h4-6,9,13-14H,7-8,10H2,1-3H3,(H,17,20)(H,18,21). The molecule has 1 aliphatic carbocycles. The third-order valence-corrected chi connectivity index (χ3v) is 3.61. The monoisotopic (exact) mass is 289 g/mol. The summed E-state index contributed by atoms with van der Waals surface area (Å²) < 4.78 is 0. The smallest absolute Gasteiger partial charge is 0.228 e. The molecule has 1 aromatic rings. The molecule has 0 aliphatic heterocycles. The van der Waals surface area contributed by atoms with E-state index in [1.54, 1.807) is 0 Å². The maximum Gasteiger partial charge on any atom is 0.228 e.